The number of rotatable bonds is 3. The van der Waals surface area contributed by atoms with Crippen LogP contribution in [0.4, 0.5) is 10.5 Å². The maximum Gasteiger partial charge on any atom is 0.337 e. The second kappa shape index (κ2) is 9.41. The number of carbonyl (C=O) groups excluding carboxylic acids is 2. The molecule has 0 unspecified atom stereocenters. The Kier molecular flexibility index (Phi) is 6.94. The van der Waals surface area contributed by atoms with Crippen molar-refractivity contribution < 1.29 is 9.59 Å². The first-order chi connectivity index (χ1) is 12.0. The van der Waals surface area contributed by atoms with Crippen molar-refractivity contribution in [3.05, 3.63) is 71.3 Å². The van der Waals surface area contributed by atoms with Gasteiger partial charge in [-0.05, 0) is 42.1 Å². The molecule has 0 aliphatic rings. The molecule has 0 saturated heterocycles. The predicted octanol–water partition coefficient (Wildman–Crippen LogP) is 3.08. The third kappa shape index (κ3) is 6.62. The Morgan fingerprint density at radius 1 is 0.960 bits per heavy atom. The van der Waals surface area contributed by atoms with E-state index in [2.05, 4.69) is 21.5 Å². The average Bonchev–Trinajstić information content (AvgIpc) is 2.60. The summed E-state index contributed by atoms with van der Waals surface area (Å²) in [5.74, 6) is -0.456. The molecule has 0 spiro atoms. The molecule has 2 aromatic rings. The van der Waals surface area contributed by atoms with Crippen LogP contribution in [0.15, 0.2) is 60.7 Å². The molecule has 0 heterocycles. The minimum Gasteiger partial charge on any atom is -0.307 e. The smallest absolute Gasteiger partial charge is 0.307 e. The topological polar surface area (TPSA) is 82.3 Å². The summed E-state index contributed by atoms with van der Waals surface area (Å²) in [7, 11) is 0. The van der Waals surface area contributed by atoms with Crippen LogP contribution >= 0.6 is 23.8 Å². The maximum absolute atomic E-state index is 11.8. The van der Waals surface area contributed by atoms with Gasteiger partial charge < -0.3 is 5.32 Å². The molecular formula is C17H15ClN4O2S. The summed E-state index contributed by atoms with van der Waals surface area (Å²) >= 11 is 10.9. The number of hydrogen-bond acceptors (Lipinski definition) is 3. The van der Waals surface area contributed by atoms with Crippen molar-refractivity contribution in [2.24, 2.45) is 0 Å². The predicted molar refractivity (Wildman–Crippen MR) is 103 cm³/mol. The zero-order valence-corrected chi connectivity index (χ0v) is 14.5. The van der Waals surface area contributed by atoms with E-state index in [0.29, 0.717) is 16.3 Å². The fourth-order valence-electron chi connectivity index (χ4n) is 1.76. The number of urea groups is 1. The summed E-state index contributed by atoms with van der Waals surface area (Å²) in [5.41, 5.74) is 6.07. The largest absolute Gasteiger partial charge is 0.337 e. The molecular weight excluding hydrogens is 360 g/mol. The molecule has 6 nitrogen and oxygen atoms in total. The van der Waals surface area contributed by atoms with E-state index in [9.17, 15) is 9.59 Å². The van der Waals surface area contributed by atoms with E-state index in [4.69, 9.17) is 23.8 Å². The Labute approximate surface area is 155 Å². The SMILES string of the molecule is O=C(/C=C/c1ccccc1Cl)NC(=S)NNC(=O)Nc1ccccc1. The summed E-state index contributed by atoms with van der Waals surface area (Å²) in [4.78, 5) is 23.4. The highest BCUT2D eigenvalue weighted by atomic mass is 35.5. The number of benzene rings is 2. The molecule has 3 amide bonds. The van der Waals surface area contributed by atoms with Crippen LogP contribution in [0, 0.1) is 0 Å². The normalized spacial score (nSPS) is 10.1. The Balaban J connectivity index is 1.75. The molecule has 2 rings (SSSR count). The number of thiocarbonyl (C=S) groups is 1. The van der Waals surface area contributed by atoms with Gasteiger partial charge in [-0.1, -0.05) is 48.0 Å². The van der Waals surface area contributed by atoms with Gasteiger partial charge in [-0.2, -0.15) is 0 Å². The summed E-state index contributed by atoms with van der Waals surface area (Å²) in [5, 5.41) is 5.48. The number of amides is 3. The highest BCUT2D eigenvalue weighted by Crippen LogP contribution is 2.15. The molecule has 4 N–H and O–H groups in total. The monoisotopic (exact) mass is 374 g/mol. The number of halogens is 1. The fraction of sp³-hybridized carbons (Fsp3) is 0. The standard InChI is InChI=1S/C17H15ClN4O2S/c18-14-9-5-4-6-12(14)10-11-15(23)20-17(25)22-21-16(24)19-13-7-2-1-3-8-13/h1-11H,(H2,19,21,24)(H2,20,22,23,25)/b11-10+. The molecule has 2 aromatic carbocycles. The van der Waals surface area contributed by atoms with Crippen LogP contribution in [0.3, 0.4) is 0 Å². The number of nitrogens with one attached hydrogen (secondary N) is 4. The van der Waals surface area contributed by atoms with Crippen molar-refractivity contribution in [1.82, 2.24) is 16.2 Å². The lowest BCUT2D eigenvalue weighted by Crippen LogP contribution is -2.49. The summed E-state index contributed by atoms with van der Waals surface area (Å²) in [6.07, 6.45) is 2.86. The lowest BCUT2D eigenvalue weighted by atomic mass is 10.2. The lowest BCUT2D eigenvalue weighted by Gasteiger charge is -2.10. The second-order valence-corrected chi connectivity index (χ2v) is 5.56. The van der Waals surface area contributed by atoms with Gasteiger partial charge >= 0.3 is 6.03 Å². The molecule has 8 heteroatoms. The quantitative estimate of drug-likeness (QED) is 0.378. The molecule has 0 atom stereocenters. The van der Waals surface area contributed by atoms with Crippen LogP contribution in [-0.4, -0.2) is 17.1 Å². The molecule has 0 aliphatic heterocycles. The summed E-state index contributed by atoms with van der Waals surface area (Å²) in [6.45, 7) is 0. The Hall–Kier alpha value is -2.90. The van der Waals surface area contributed by atoms with Gasteiger partial charge in [-0.15, -0.1) is 0 Å². The van der Waals surface area contributed by atoms with E-state index in [1.807, 2.05) is 12.1 Å². The number of anilines is 1. The molecule has 128 valence electrons. The van der Waals surface area contributed by atoms with E-state index < -0.39 is 11.9 Å². The fourth-order valence-corrected chi connectivity index (χ4v) is 2.11. The lowest BCUT2D eigenvalue weighted by molar-refractivity contribution is -0.115. The average molecular weight is 375 g/mol. The first kappa shape index (κ1) is 18.4. The van der Waals surface area contributed by atoms with Crippen LogP contribution in [0.1, 0.15) is 5.56 Å². The van der Waals surface area contributed by atoms with E-state index in [1.54, 1.807) is 48.5 Å². The van der Waals surface area contributed by atoms with Crippen LogP contribution in [0.25, 0.3) is 6.08 Å². The molecule has 0 aromatic heterocycles. The third-order valence-corrected chi connectivity index (χ3v) is 3.43. The summed E-state index contributed by atoms with van der Waals surface area (Å²) < 4.78 is 0. The number of hydrogen-bond donors (Lipinski definition) is 4. The first-order valence-corrected chi connectivity index (χ1v) is 7.99. The van der Waals surface area contributed by atoms with Crippen LogP contribution < -0.4 is 21.5 Å². The van der Waals surface area contributed by atoms with Crippen molar-refractivity contribution in [1.29, 1.82) is 0 Å². The first-order valence-electron chi connectivity index (χ1n) is 7.20. The third-order valence-electron chi connectivity index (χ3n) is 2.88. The van der Waals surface area contributed by atoms with Gasteiger partial charge in [0.25, 0.3) is 0 Å². The van der Waals surface area contributed by atoms with Crippen LogP contribution in [0.5, 0.6) is 0 Å². The molecule has 0 aliphatic carbocycles. The van der Waals surface area contributed by atoms with Crippen molar-refractivity contribution in [3.8, 4) is 0 Å². The van der Waals surface area contributed by atoms with Gasteiger partial charge in [0.2, 0.25) is 5.91 Å². The van der Waals surface area contributed by atoms with Gasteiger partial charge in [0.05, 0.1) is 0 Å². The van der Waals surface area contributed by atoms with Crippen molar-refractivity contribution in [2.45, 2.75) is 0 Å². The van der Waals surface area contributed by atoms with Crippen molar-refractivity contribution >= 4 is 52.6 Å². The Morgan fingerprint density at radius 2 is 1.64 bits per heavy atom. The van der Waals surface area contributed by atoms with Gasteiger partial charge in [0.15, 0.2) is 5.11 Å². The Morgan fingerprint density at radius 3 is 2.36 bits per heavy atom. The molecule has 0 fully saturated rings. The van der Waals surface area contributed by atoms with Crippen LogP contribution in [-0.2, 0) is 4.79 Å². The van der Waals surface area contributed by atoms with E-state index in [-0.39, 0.29) is 5.11 Å². The number of hydrazine groups is 1. The summed E-state index contributed by atoms with van der Waals surface area (Å²) in [6, 6.07) is 15.5. The van der Waals surface area contributed by atoms with Crippen molar-refractivity contribution in [2.75, 3.05) is 5.32 Å². The van der Waals surface area contributed by atoms with Gasteiger partial charge in [0, 0.05) is 16.8 Å². The van der Waals surface area contributed by atoms with Gasteiger partial charge in [0.1, 0.15) is 0 Å². The molecule has 25 heavy (non-hydrogen) atoms. The van der Waals surface area contributed by atoms with Crippen molar-refractivity contribution in [3.63, 3.8) is 0 Å². The van der Waals surface area contributed by atoms with E-state index >= 15 is 0 Å². The van der Waals surface area contributed by atoms with E-state index in [1.165, 1.54) is 6.08 Å². The molecule has 0 saturated carbocycles. The maximum atomic E-state index is 11.8. The zero-order chi connectivity index (χ0) is 18.1. The molecule has 0 bridgehead atoms. The minimum absolute atomic E-state index is 0.0444. The van der Waals surface area contributed by atoms with Gasteiger partial charge in [-0.25, -0.2) is 10.2 Å². The van der Waals surface area contributed by atoms with Crippen LogP contribution in [0.2, 0.25) is 5.02 Å². The number of para-hydroxylation sites is 1. The zero-order valence-electron chi connectivity index (χ0n) is 13.0. The van der Waals surface area contributed by atoms with Gasteiger partial charge in [-0.3, -0.25) is 15.5 Å². The molecule has 0 radical (unpaired) electrons. The van der Waals surface area contributed by atoms with E-state index in [0.717, 1.165) is 0 Å². The highest BCUT2D eigenvalue weighted by Gasteiger charge is 2.04. The Bertz CT molecular complexity index is 796. The second-order valence-electron chi connectivity index (χ2n) is 4.74. The number of carbonyl (C=O) groups is 2. The minimum atomic E-state index is -0.519. The highest BCUT2D eigenvalue weighted by molar-refractivity contribution is 7.80.